The van der Waals surface area contributed by atoms with Crippen LogP contribution in [0.1, 0.15) is 25.8 Å². The van der Waals surface area contributed by atoms with Crippen molar-refractivity contribution >= 4 is 11.4 Å². The SMILES string of the molecule is Cc1cccc(N(CCCO)C(C)C)c1[N+](=O)[O-]. The van der Waals surface area contributed by atoms with Gasteiger partial charge in [-0.15, -0.1) is 0 Å². The van der Waals surface area contributed by atoms with Gasteiger partial charge in [-0.1, -0.05) is 12.1 Å². The highest BCUT2D eigenvalue weighted by molar-refractivity contribution is 5.67. The van der Waals surface area contributed by atoms with Gasteiger partial charge in [-0.3, -0.25) is 10.1 Å². The Morgan fingerprint density at radius 2 is 2.11 bits per heavy atom. The van der Waals surface area contributed by atoms with Gasteiger partial charge in [0.25, 0.3) is 5.69 Å². The van der Waals surface area contributed by atoms with Crippen molar-refractivity contribution in [2.75, 3.05) is 18.1 Å². The number of para-hydroxylation sites is 1. The van der Waals surface area contributed by atoms with E-state index in [2.05, 4.69) is 0 Å². The Morgan fingerprint density at radius 1 is 1.44 bits per heavy atom. The molecule has 0 aromatic heterocycles. The highest BCUT2D eigenvalue weighted by atomic mass is 16.6. The second-order valence-corrected chi connectivity index (χ2v) is 4.56. The van der Waals surface area contributed by atoms with E-state index in [1.807, 2.05) is 24.8 Å². The van der Waals surface area contributed by atoms with Crippen molar-refractivity contribution in [1.29, 1.82) is 0 Å². The molecule has 0 atom stereocenters. The van der Waals surface area contributed by atoms with Crippen LogP contribution >= 0.6 is 0 Å². The molecule has 0 aliphatic rings. The smallest absolute Gasteiger partial charge is 0.295 e. The number of aryl methyl sites for hydroxylation is 1. The summed E-state index contributed by atoms with van der Waals surface area (Å²) in [6.45, 7) is 6.42. The lowest BCUT2D eigenvalue weighted by atomic mass is 10.1. The molecule has 100 valence electrons. The quantitative estimate of drug-likeness (QED) is 0.624. The van der Waals surface area contributed by atoms with Crippen molar-refractivity contribution in [3.8, 4) is 0 Å². The third kappa shape index (κ3) is 3.20. The summed E-state index contributed by atoms with van der Waals surface area (Å²) in [5.41, 5.74) is 1.44. The fourth-order valence-corrected chi connectivity index (χ4v) is 2.01. The Balaban J connectivity index is 3.19. The maximum atomic E-state index is 11.2. The number of hydrogen-bond acceptors (Lipinski definition) is 4. The summed E-state index contributed by atoms with van der Waals surface area (Å²) in [5, 5.41) is 20.1. The van der Waals surface area contributed by atoms with E-state index in [4.69, 9.17) is 5.11 Å². The summed E-state index contributed by atoms with van der Waals surface area (Å²) in [6.07, 6.45) is 0.600. The molecule has 0 amide bonds. The van der Waals surface area contributed by atoms with Crippen LogP contribution < -0.4 is 4.90 Å². The lowest BCUT2D eigenvalue weighted by molar-refractivity contribution is -0.384. The summed E-state index contributed by atoms with van der Waals surface area (Å²) in [5.74, 6) is 0. The number of aliphatic hydroxyl groups is 1. The maximum Gasteiger partial charge on any atom is 0.295 e. The lowest BCUT2D eigenvalue weighted by Gasteiger charge is -2.28. The largest absolute Gasteiger partial charge is 0.396 e. The molecule has 0 aliphatic carbocycles. The van der Waals surface area contributed by atoms with Gasteiger partial charge in [0, 0.05) is 24.8 Å². The van der Waals surface area contributed by atoms with Gasteiger partial charge in [0.15, 0.2) is 0 Å². The van der Waals surface area contributed by atoms with Crippen LogP contribution in [0.5, 0.6) is 0 Å². The van der Waals surface area contributed by atoms with Crippen molar-refractivity contribution in [3.05, 3.63) is 33.9 Å². The van der Waals surface area contributed by atoms with Crippen molar-refractivity contribution in [2.45, 2.75) is 33.2 Å². The minimum absolute atomic E-state index is 0.0861. The van der Waals surface area contributed by atoms with Crippen molar-refractivity contribution in [2.24, 2.45) is 0 Å². The van der Waals surface area contributed by atoms with Crippen LogP contribution in [0.15, 0.2) is 18.2 Å². The zero-order chi connectivity index (χ0) is 13.7. The number of rotatable bonds is 6. The van der Waals surface area contributed by atoms with Gasteiger partial charge in [-0.05, 0) is 33.3 Å². The van der Waals surface area contributed by atoms with E-state index in [1.54, 1.807) is 19.1 Å². The van der Waals surface area contributed by atoms with Crippen LogP contribution in [-0.4, -0.2) is 29.2 Å². The van der Waals surface area contributed by atoms with E-state index in [0.717, 1.165) is 0 Å². The molecule has 0 saturated heterocycles. The van der Waals surface area contributed by atoms with Gasteiger partial charge in [0.1, 0.15) is 5.69 Å². The number of nitro benzene ring substituents is 1. The van der Waals surface area contributed by atoms with E-state index in [1.165, 1.54) is 0 Å². The van der Waals surface area contributed by atoms with E-state index in [0.29, 0.717) is 24.2 Å². The van der Waals surface area contributed by atoms with Gasteiger partial charge >= 0.3 is 0 Å². The molecule has 0 radical (unpaired) electrons. The monoisotopic (exact) mass is 252 g/mol. The van der Waals surface area contributed by atoms with E-state index in [-0.39, 0.29) is 23.3 Å². The molecule has 1 aromatic carbocycles. The van der Waals surface area contributed by atoms with Gasteiger partial charge in [-0.25, -0.2) is 0 Å². The van der Waals surface area contributed by atoms with Crippen LogP contribution in [0.25, 0.3) is 0 Å². The molecule has 0 heterocycles. The molecule has 0 fully saturated rings. The molecule has 0 unspecified atom stereocenters. The molecule has 18 heavy (non-hydrogen) atoms. The summed E-state index contributed by atoms with van der Waals surface area (Å²) in [7, 11) is 0. The van der Waals surface area contributed by atoms with E-state index < -0.39 is 0 Å². The fourth-order valence-electron chi connectivity index (χ4n) is 2.01. The first-order valence-corrected chi connectivity index (χ1v) is 6.10. The summed E-state index contributed by atoms with van der Waals surface area (Å²) in [6, 6.07) is 5.48. The Morgan fingerprint density at radius 3 is 2.61 bits per heavy atom. The summed E-state index contributed by atoms with van der Waals surface area (Å²) < 4.78 is 0. The van der Waals surface area contributed by atoms with E-state index >= 15 is 0 Å². The Bertz CT molecular complexity index is 419. The van der Waals surface area contributed by atoms with E-state index in [9.17, 15) is 10.1 Å². The minimum Gasteiger partial charge on any atom is -0.396 e. The Hall–Kier alpha value is -1.62. The first kappa shape index (κ1) is 14.4. The van der Waals surface area contributed by atoms with Gasteiger partial charge in [0.2, 0.25) is 0 Å². The van der Waals surface area contributed by atoms with Gasteiger partial charge in [-0.2, -0.15) is 0 Å². The molecule has 5 heteroatoms. The Kier molecular flexibility index (Phi) is 5.09. The molecule has 0 spiro atoms. The maximum absolute atomic E-state index is 11.2. The zero-order valence-corrected chi connectivity index (χ0v) is 11.1. The average molecular weight is 252 g/mol. The molecular formula is C13H20N2O3. The highest BCUT2D eigenvalue weighted by Gasteiger charge is 2.22. The Labute approximate surface area is 107 Å². The molecule has 0 aliphatic heterocycles. The number of nitro groups is 1. The number of aliphatic hydroxyl groups excluding tert-OH is 1. The van der Waals surface area contributed by atoms with Crippen LogP contribution in [0, 0.1) is 17.0 Å². The number of nitrogens with zero attached hydrogens (tertiary/aromatic N) is 2. The standard InChI is InChI=1S/C13H20N2O3/c1-10(2)14(8-5-9-16)12-7-4-6-11(3)13(12)15(17)18/h4,6-7,10,16H,5,8-9H2,1-3H3. The number of hydrogen-bond donors (Lipinski definition) is 1. The topological polar surface area (TPSA) is 66.6 Å². The van der Waals surface area contributed by atoms with Crippen LogP contribution in [-0.2, 0) is 0 Å². The van der Waals surface area contributed by atoms with Crippen molar-refractivity contribution in [3.63, 3.8) is 0 Å². The minimum atomic E-state index is -0.334. The predicted molar refractivity (Wildman–Crippen MR) is 72.0 cm³/mol. The van der Waals surface area contributed by atoms with Crippen molar-refractivity contribution < 1.29 is 10.0 Å². The number of anilines is 1. The summed E-state index contributed by atoms with van der Waals surface area (Å²) >= 11 is 0. The molecule has 1 N–H and O–H groups in total. The average Bonchev–Trinajstić information content (AvgIpc) is 2.28. The van der Waals surface area contributed by atoms with Crippen LogP contribution in [0.4, 0.5) is 11.4 Å². The molecule has 0 saturated carbocycles. The first-order chi connectivity index (χ1) is 8.49. The third-order valence-electron chi connectivity index (χ3n) is 2.89. The van der Waals surface area contributed by atoms with Crippen LogP contribution in [0.2, 0.25) is 0 Å². The molecule has 1 rings (SSSR count). The number of benzene rings is 1. The zero-order valence-electron chi connectivity index (χ0n) is 11.1. The van der Waals surface area contributed by atoms with Crippen LogP contribution in [0.3, 0.4) is 0 Å². The normalized spacial score (nSPS) is 10.7. The highest BCUT2D eigenvalue weighted by Crippen LogP contribution is 2.32. The van der Waals surface area contributed by atoms with Crippen molar-refractivity contribution in [1.82, 2.24) is 0 Å². The van der Waals surface area contributed by atoms with Gasteiger partial charge in [0.05, 0.1) is 4.92 Å². The first-order valence-electron chi connectivity index (χ1n) is 6.10. The second kappa shape index (κ2) is 6.35. The molecule has 5 nitrogen and oxygen atoms in total. The predicted octanol–water partition coefficient (Wildman–Crippen LogP) is 2.50. The van der Waals surface area contributed by atoms with Gasteiger partial charge < -0.3 is 10.0 Å². The summed E-state index contributed by atoms with van der Waals surface area (Å²) in [4.78, 5) is 12.8. The third-order valence-corrected chi connectivity index (χ3v) is 2.89. The second-order valence-electron chi connectivity index (χ2n) is 4.56. The molecule has 0 bridgehead atoms. The fraction of sp³-hybridized carbons (Fsp3) is 0.538. The molecular weight excluding hydrogens is 232 g/mol. The lowest BCUT2D eigenvalue weighted by Crippen LogP contribution is -2.32. The molecule has 1 aromatic rings.